The molecule has 94 valence electrons. The van der Waals surface area contributed by atoms with Crippen LogP contribution in [0.3, 0.4) is 0 Å². The molecule has 3 rings (SSSR count). The summed E-state index contributed by atoms with van der Waals surface area (Å²) in [6.07, 6.45) is 0. The van der Waals surface area contributed by atoms with Gasteiger partial charge in [-0.05, 0) is 48.7 Å². The van der Waals surface area contributed by atoms with E-state index in [1.54, 1.807) is 6.07 Å². The standard InChI is InChI=1S/C17H15NO/c1-11-7-8-13(9-12(11)2)16-10-17(19)14-5-3-4-6-15(14)18-16/h3-10H,1-2H3,(H,18,19). The van der Waals surface area contributed by atoms with Crippen molar-refractivity contribution in [2.75, 3.05) is 0 Å². The van der Waals surface area contributed by atoms with Gasteiger partial charge in [-0.3, -0.25) is 4.79 Å². The van der Waals surface area contributed by atoms with Gasteiger partial charge in [-0.1, -0.05) is 24.3 Å². The average Bonchev–Trinajstić information content (AvgIpc) is 2.42. The summed E-state index contributed by atoms with van der Waals surface area (Å²) < 4.78 is 0. The molecule has 3 aromatic rings. The number of rotatable bonds is 1. The maximum Gasteiger partial charge on any atom is 0.190 e. The second kappa shape index (κ2) is 4.39. The Balaban J connectivity index is 2.25. The van der Waals surface area contributed by atoms with Crippen LogP contribution in [0.25, 0.3) is 22.2 Å². The first-order chi connectivity index (χ1) is 9.15. The van der Waals surface area contributed by atoms with Crippen molar-refractivity contribution in [1.82, 2.24) is 4.98 Å². The molecule has 0 fully saturated rings. The Bertz CT molecular complexity index is 815. The van der Waals surface area contributed by atoms with Gasteiger partial charge in [-0.25, -0.2) is 0 Å². The Morgan fingerprint density at radius 3 is 2.47 bits per heavy atom. The van der Waals surface area contributed by atoms with E-state index in [2.05, 4.69) is 31.0 Å². The third-order valence-electron chi connectivity index (χ3n) is 3.56. The molecule has 0 aliphatic carbocycles. The van der Waals surface area contributed by atoms with Crippen LogP contribution >= 0.6 is 0 Å². The number of aromatic amines is 1. The highest BCUT2D eigenvalue weighted by molar-refractivity contribution is 5.81. The lowest BCUT2D eigenvalue weighted by molar-refractivity contribution is 1.32. The van der Waals surface area contributed by atoms with Gasteiger partial charge in [-0.2, -0.15) is 0 Å². The van der Waals surface area contributed by atoms with E-state index in [1.165, 1.54) is 11.1 Å². The van der Waals surface area contributed by atoms with Crippen LogP contribution in [0.4, 0.5) is 0 Å². The van der Waals surface area contributed by atoms with Gasteiger partial charge in [0.05, 0.1) is 0 Å². The fourth-order valence-electron chi connectivity index (χ4n) is 2.26. The van der Waals surface area contributed by atoms with Crippen molar-refractivity contribution in [3.8, 4) is 11.3 Å². The summed E-state index contributed by atoms with van der Waals surface area (Å²) in [6, 6.07) is 15.5. The number of nitrogens with one attached hydrogen (secondary N) is 1. The third-order valence-corrected chi connectivity index (χ3v) is 3.56. The number of hydrogen-bond acceptors (Lipinski definition) is 1. The SMILES string of the molecule is Cc1ccc(-c2cc(=O)c3ccccc3[nH]2)cc1C. The van der Waals surface area contributed by atoms with E-state index in [-0.39, 0.29) is 5.43 Å². The second-order valence-corrected chi connectivity index (χ2v) is 4.89. The van der Waals surface area contributed by atoms with E-state index in [0.717, 1.165) is 22.2 Å². The van der Waals surface area contributed by atoms with Gasteiger partial charge in [0.25, 0.3) is 0 Å². The van der Waals surface area contributed by atoms with Crippen LogP contribution in [0, 0.1) is 13.8 Å². The molecule has 0 spiro atoms. The van der Waals surface area contributed by atoms with Crippen LogP contribution in [-0.4, -0.2) is 4.98 Å². The largest absolute Gasteiger partial charge is 0.354 e. The minimum Gasteiger partial charge on any atom is -0.354 e. The molecule has 1 N–H and O–H groups in total. The molecular formula is C17H15NO. The fraction of sp³-hybridized carbons (Fsp3) is 0.118. The summed E-state index contributed by atoms with van der Waals surface area (Å²) in [4.78, 5) is 15.4. The summed E-state index contributed by atoms with van der Waals surface area (Å²) in [7, 11) is 0. The van der Waals surface area contributed by atoms with E-state index < -0.39 is 0 Å². The van der Waals surface area contributed by atoms with Crippen LogP contribution in [0.5, 0.6) is 0 Å². The number of pyridine rings is 1. The van der Waals surface area contributed by atoms with Gasteiger partial charge in [-0.15, -0.1) is 0 Å². The number of aryl methyl sites for hydroxylation is 2. The molecule has 2 heteroatoms. The summed E-state index contributed by atoms with van der Waals surface area (Å²) in [5.74, 6) is 0. The van der Waals surface area contributed by atoms with Gasteiger partial charge in [0.2, 0.25) is 0 Å². The number of aromatic nitrogens is 1. The molecule has 0 aliphatic rings. The second-order valence-electron chi connectivity index (χ2n) is 4.89. The van der Waals surface area contributed by atoms with Gasteiger partial charge >= 0.3 is 0 Å². The van der Waals surface area contributed by atoms with E-state index in [0.29, 0.717) is 0 Å². The molecule has 2 nitrogen and oxygen atoms in total. The Labute approximate surface area is 111 Å². The van der Waals surface area contributed by atoms with E-state index in [9.17, 15) is 4.79 Å². The number of para-hydroxylation sites is 1. The third kappa shape index (κ3) is 2.06. The summed E-state index contributed by atoms with van der Waals surface area (Å²) in [5.41, 5.74) is 5.34. The molecule has 0 radical (unpaired) electrons. The van der Waals surface area contributed by atoms with Crippen molar-refractivity contribution >= 4 is 10.9 Å². The molecule has 1 heterocycles. The molecule has 1 aromatic heterocycles. The Morgan fingerprint density at radius 2 is 1.68 bits per heavy atom. The van der Waals surface area contributed by atoms with Crippen molar-refractivity contribution in [1.29, 1.82) is 0 Å². The molecule has 0 bridgehead atoms. The van der Waals surface area contributed by atoms with Crippen LogP contribution in [0.1, 0.15) is 11.1 Å². The molecule has 0 aliphatic heterocycles. The van der Waals surface area contributed by atoms with Gasteiger partial charge in [0, 0.05) is 22.7 Å². The quantitative estimate of drug-likeness (QED) is 0.699. The lowest BCUT2D eigenvalue weighted by Crippen LogP contribution is -2.02. The molecule has 0 atom stereocenters. The van der Waals surface area contributed by atoms with Gasteiger partial charge < -0.3 is 4.98 Å². The number of fused-ring (bicyclic) bond motifs is 1. The molecule has 19 heavy (non-hydrogen) atoms. The normalized spacial score (nSPS) is 10.8. The number of benzene rings is 2. The maximum absolute atomic E-state index is 12.1. The van der Waals surface area contributed by atoms with Crippen LogP contribution in [0.2, 0.25) is 0 Å². The summed E-state index contributed by atoms with van der Waals surface area (Å²) in [5, 5.41) is 0.732. The van der Waals surface area contributed by atoms with Crippen LogP contribution in [-0.2, 0) is 0 Å². The highest BCUT2D eigenvalue weighted by Gasteiger charge is 2.04. The highest BCUT2D eigenvalue weighted by atomic mass is 16.1. The average molecular weight is 249 g/mol. The zero-order chi connectivity index (χ0) is 13.4. The molecular weight excluding hydrogens is 234 g/mol. The van der Waals surface area contributed by atoms with Crippen molar-refractivity contribution in [3.63, 3.8) is 0 Å². The minimum atomic E-state index is 0.0579. The van der Waals surface area contributed by atoms with Crippen LogP contribution < -0.4 is 5.43 Å². The first-order valence-electron chi connectivity index (χ1n) is 6.35. The van der Waals surface area contributed by atoms with Crippen molar-refractivity contribution < 1.29 is 0 Å². The molecule has 0 amide bonds. The first kappa shape index (κ1) is 11.7. The van der Waals surface area contributed by atoms with Gasteiger partial charge in [0.1, 0.15) is 0 Å². The monoisotopic (exact) mass is 249 g/mol. The molecule has 0 unspecified atom stereocenters. The van der Waals surface area contributed by atoms with Crippen molar-refractivity contribution in [2.45, 2.75) is 13.8 Å². The lowest BCUT2D eigenvalue weighted by Gasteiger charge is -2.07. The smallest absolute Gasteiger partial charge is 0.190 e. The van der Waals surface area contributed by atoms with E-state index in [4.69, 9.17) is 0 Å². The predicted octanol–water partition coefficient (Wildman–Crippen LogP) is 3.81. The topological polar surface area (TPSA) is 32.9 Å². The molecule has 0 saturated carbocycles. The Morgan fingerprint density at radius 1 is 0.895 bits per heavy atom. The lowest BCUT2D eigenvalue weighted by atomic mass is 10.0. The van der Waals surface area contributed by atoms with E-state index in [1.807, 2.05) is 30.3 Å². The molecule has 2 aromatic carbocycles. The predicted molar refractivity (Wildman–Crippen MR) is 79.5 cm³/mol. The number of H-pyrrole nitrogens is 1. The van der Waals surface area contributed by atoms with Crippen molar-refractivity contribution in [2.24, 2.45) is 0 Å². The summed E-state index contributed by atoms with van der Waals surface area (Å²) in [6.45, 7) is 4.17. The highest BCUT2D eigenvalue weighted by Crippen LogP contribution is 2.21. The maximum atomic E-state index is 12.1. The van der Waals surface area contributed by atoms with Crippen molar-refractivity contribution in [3.05, 3.63) is 69.9 Å². The Kier molecular flexibility index (Phi) is 2.71. The van der Waals surface area contributed by atoms with E-state index >= 15 is 0 Å². The molecule has 0 saturated heterocycles. The number of hydrogen-bond donors (Lipinski definition) is 1. The summed E-state index contributed by atoms with van der Waals surface area (Å²) >= 11 is 0. The van der Waals surface area contributed by atoms with Gasteiger partial charge in [0.15, 0.2) is 5.43 Å². The minimum absolute atomic E-state index is 0.0579. The zero-order valence-corrected chi connectivity index (χ0v) is 11.0. The zero-order valence-electron chi connectivity index (χ0n) is 11.0. The fourth-order valence-corrected chi connectivity index (χ4v) is 2.26. The first-order valence-corrected chi connectivity index (χ1v) is 6.35. The Hall–Kier alpha value is -2.35. The van der Waals surface area contributed by atoms with Crippen LogP contribution in [0.15, 0.2) is 53.3 Å².